The van der Waals surface area contributed by atoms with Crippen molar-refractivity contribution in [2.45, 2.75) is 20.8 Å². The van der Waals surface area contributed by atoms with Crippen LogP contribution in [0.4, 0.5) is 0 Å². The van der Waals surface area contributed by atoms with E-state index in [1.807, 2.05) is 174 Å². The molecule has 0 unspecified atom stereocenters. The number of carboxylic acid groups (broad SMARTS) is 2. The minimum Gasteiger partial charge on any atom is -0.497 e. The van der Waals surface area contributed by atoms with E-state index in [0.717, 1.165) is 115 Å². The SMILES string of the molecule is C#CC#CC#CC#CC#CC#CC#CC#CC#CC#CC#CC#CC#CC.CC(=O)O.CC(=O)O.Cn1c(-c2[c-]c(Oc3[c-]c(-c4nc5ccccc5n4C)ccc3)ccc2)nc2ccccc21.Cn1c(-c2cccc(Oc3cccc(-c4nc5ccccc5n4C)c3)c2)nc2ccccc21.[Pd+2].[Pd]. The van der Waals surface area contributed by atoms with Gasteiger partial charge < -0.3 is 38.0 Å². The predicted molar refractivity (Wildman–Crippen MR) is 397 cm³/mol. The third-order valence-electron chi connectivity index (χ3n) is 13.4. The van der Waals surface area contributed by atoms with Crippen molar-refractivity contribution in [1.29, 1.82) is 0 Å². The molecule has 4 aromatic heterocycles. The van der Waals surface area contributed by atoms with Crippen molar-refractivity contribution in [2.24, 2.45) is 28.2 Å². The number of fused-ring (bicyclic) bond motifs is 4. The van der Waals surface area contributed by atoms with Crippen LogP contribution in [0.2, 0.25) is 0 Å². The smallest absolute Gasteiger partial charge is 0.497 e. The molecule has 14 nitrogen and oxygen atoms in total. The number of carbonyl (C=O) groups is 2. The molecule has 498 valence electrons. The number of hydrogen-bond acceptors (Lipinski definition) is 8. The first kappa shape index (κ1) is 77.8. The van der Waals surface area contributed by atoms with E-state index in [0.29, 0.717) is 11.5 Å². The van der Waals surface area contributed by atoms with E-state index in [2.05, 4.69) is 215 Å². The van der Waals surface area contributed by atoms with Crippen molar-refractivity contribution in [3.63, 3.8) is 0 Å². The Kier molecular flexibility index (Phi) is 31.1. The maximum Gasteiger partial charge on any atom is 2.00 e. The zero-order valence-corrected chi connectivity index (χ0v) is 59.2. The van der Waals surface area contributed by atoms with E-state index in [1.165, 1.54) is 0 Å². The van der Waals surface area contributed by atoms with Crippen LogP contribution in [-0.2, 0) is 78.6 Å². The molecule has 0 saturated heterocycles. The number of carboxylic acids is 2. The van der Waals surface area contributed by atoms with E-state index in [-0.39, 0.29) is 40.8 Å². The maximum absolute atomic E-state index is 9.00. The van der Waals surface area contributed by atoms with Gasteiger partial charge in [0.2, 0.25) is 0 Å². The summed E-state index contributed by atoms with van der Waals surface area (Å²) >= 11 is 0. The first-order valence-corrected chi connectivity index (χ1v) is 30.3. The number of imidazole rings is 4. The van der Waals surface area contributed by atoms with Gasteiger partial charge >= 0.3 is 20.4 Å². The molecule has 0 fully saturated rings. The average Bonchev–Trinajstić information content (AvgIpc) is 1.67. The van der Waals surface area contributed by atoms with Gasteiger partial charge in [-0.3, -0.25) is 19.6 Å². The summed E-state index contributed by atoms with van der Waals surface area (Å²) in [7, 11) is 8.11. The number of benzene rings is 8. The number of aryl methyl sites for hydroxylation is 4. The number of aromatic nitrogens is 8. The molecule has 0 aliphatic heterocycles. The van der Waals surface area contributed by atoms with Crippen LogP contribution in [0.15, 0.2) is 182 Å². The van der Waals surface area contributed by atoms with E-state index in [9.17, 15) is 0 Å². The van der Waals surface area contributed by atoms with Gasteiger partial charge in [0.15, 0.2) is 0 Å². The summed E-state index contributed by atoms with van der Waals surface area (Å²) in [5, 5.41) is 14.8. The second-order valence-corrected chi connectivity index (χ2v) is 20.4. The number of rotatable bonds is 8. The van der Waals surface area contributed by atoms with Crippen LogP contribution >= 0.6 is 0 Å². The predicted octanol–water partition coefficient (Wildman–Crippen LogP) is 13.6. The molecule has 0 aliphatic carbocycles. The van der Waals surface area contributed by atoms with E-state index in [1.54, 1.807) is 6.92 Å². The van der Waals surface area contributed by atoms with Crippen LogP contribution in [0, 0.1) is 167 Å². The number of nitrogens with zero attached hydrogens (tertiary/aromatic N) is 8. The van der Waals surface area contributed by atoms with Crippen LogP contribution in [0.1, 0.15) is 20.8 Å². The van der Waals surface area contributed by atoms with Crippen LogP contribution in [-0.4, -0.2) is 60.4 Å². The monoisotopic (exact) mass is 1520 g/mol. The van der Waals surface area contributed by atoms with Gasteiger partial charge in [-0.25, -0.2) is 9.97 Å². The third kappa shape index (κ3) is 23.5. The molecule has 8 aromatic carbocycles. The molecule has 0 atom stereocenters. The normalized spacial score (nSPS) is 8.76. The molecule has 0 bridgehead atoms. The fraction of sp³-hybridized carbons (Fsp3) is 0.0805. The Bertz CT molecular complexity index is 5530. The number of terminal acetylenes is 1. The second kappa shape index (κ2) is 41.1. The van der Waals surface area contributed by atoms with Gasteiger partial charge in [0.25, 0.3) is 11.9 Å². The first-order chi connectivity index (χ1) is 49.2. The number of ether oxygens (including phenoxy) is 2. The van der Waals surface area contributed by atoms with Crippen LogP contribution < -0.4 is 9.47 Å². The molecular formula is C87H54N8O6Pd2. The maximum atomic E-state index is 9.00. The Morgan fingerprint density at radius 3 is 0.922 bits per heavy atom. The van der Waals surface area contributed by atoms with E-state index < -0.39 is 11.9 Å². The Labute approximate surface area is 626 Å². The topological polar surface area (TPSA) is 164 Å². The van der Waals surface area contributed by atoms with Gasteiger partial charge in [0.05, 0.1) is 55.8 Å². The third-order valence-corrected chi connectivity index (χ3v) is 13.4. The van der Waals surface area contributed by atoms with Crippen molar-refractivity contribution in [3.8, 4) is 223 Å². The minimum atomic E-state index is -0.833. The molecule has 16 heteroatoms. The molecule has 0 aliphatic rings. The van der Waals surface area contributed by atoms with Crippen LogP contribution in [0.25, 0.3) is 89.7 Å². The summed E-state index contributed by atoms with van der Waals surface area (Å²) in [6.45, 7) is 3.86. The summed E-state index contributed by atoms with van der Waals surface area (Å²) in [5.41, 5.74) is 12.0. The molecule has 0 amide bonds. The van der Waals surface area contributed by atoms with Gasteiger partial charge in [0, 0.05) is 132 Å². The number of para-hydroxylation sites is 8. The number of aliphatic carboxylic acids is 2. The zero-order valence-electron chi connectivity index (χ0n) is 56.1. The van der Waals surface area contributed by atoms with Crippen molar-refractivity contribution in [1.82, 2.24) is 38.2 Å². The molecule has 103 heavy (non-hydrogen) atoms. The van der Waals surface area contributed by atoms with Crippen molar-refractivity contribution >= 4 is 56.1 Å². The molecule has 0 spiro atoms. The zero-order chi connectivity index (χ0) is 71.6. The molecule has 2 N–H and O–H groups in total. The van der Waals surface area contributed by atoms with Crippen molar-refractivity contribution in [2.75, 3.05) is 0 Å². The van der Waals surface area contributed by atoms with Crippen LogP contribution in [0.5, 0.6) is 23.0 Å². The second-order valence-electron chi connectivity index (χ2n) is 20.4. The first-order valence-electron chi connectivity index (χ1n) is 30.3. The Hall–Kier alpha value is -14.2. The average molecular weight is 1520 g/mol. The Morgan fingerprint density at radius 1 is 0.369 bits per heavy atom. The molecule has 0 saturated carbocycles. The minimum absolute atomic E-state index is 0. The van der Waals surface area contributed by atoms with Crippen molar-refractivity contribution in [3.05, 3.63) is 194 Å². The van der Waals surface area contributed by atoms with E-state index >= 15 is 0 Å². The fourth-order valence-corrected chi connectivity index (χ4v) is 9.26. The molecule has 12 rings (SSSR count). The quantitative estimate of drug-likeness (QED) is 0.0850. The summed E-state index contributed by atoms with van der Waals surface area (Å²) in [5.74, 6) is 66.5. The van der Waals surface area contributed by atoms with Gasteiger partial charge in [-0.2, -0.15) is 0 Å². The van der Waals surface area contributed by atoms with E-state index in [4.69, 9.17) is 55.6 Å². The molecule has 4 heterocycles. The van der Waals surface area contributed by atoms with Gasteiger partial charge in [-0.1, -0.05) is 90.8 Å². The molecule has 12 aromatic rings. The summed E-state index contributed by atoms with van der Waals surface area (Å²) in [6.07, 6.45) is 4.91. The Morgan fingerprint density at radius 2 is 0.631 bits per heavy atom. The van der Waals surface area contributed by atoms with Gasteiger partial charge in [0.1, 0.15) is 23.1 Å². The Balaban J connectivity index is 0.000000230. The standard InChI is InChI=1S/C28H22N4O.C28H20N4O.C27H4.2C2H4O2.2Pd/c2*1-31-25-15-5-3-13-23(25)29-27(31)19-9-7-11-21(17-19)33-22-12-8-10-20(18-22)28-30-24-14-4-6-16-26(24)32(28)2;1-3-5-7-9-11-13-15-17-19-21-23-25-27-26-24-22-20-18-16-14-12-10-8-6-4-2;2*1-2(3)4;;/h3-18H,1-2H3;3-16H,1-2H3;1H,2H3;2*1H3,(H,3,4);;/q;-2;;;;;+2. The van der Waals surface area contributed by atoms with Gasteiger partial charge in [-0.15, -0.1) is 53.9 Å². The summed E-state index contributed by atoms with van der Waals surface area (Å²) in [6, 6.07) is 67.0. The number of hydrogen-bond donors (Lipinski definition) is 2. The summed E-state index contributed by atoms with van der Waals surface area (Å²) in [4.78, 5) is 37.2. The van der Waals surface area contributed by atoms with Crippen LogP contribution in [0.3, 0.4) is 0 Å². The summed E-state index contributed by atoms with van der Waals surface area (Å²) < 4.78 is 20.8. The molecular weight excluding hydrogens is 1470 g/mol. The van der Waals surface area contributed by atoms with Crippen molar-refractivity contribution < 1.29 is 70.1 Å². The largest absolute Gasteiger partial charge is 2.00 e. The van der Waals surface area contributed by atoms with Gasteiger partial charge in [-0.05, 0) is 174 Å². The fourth-order valence-electron chi connectivity index (χ4n) is 9.26. The molecule has 0 radical (unpaired) electrons.